The van der Waals surface area contributed by atoms with Crippen molar-refractivity contribution in [3.05, 3.63) is 72.1 Å². The molecule has 5 rings (SSSR count). The van der Waals surface area contributed by atoms with Crippen LogP contribution in [0.5, 0.6) is 0 Å². The minimum absolute atomic E-state index is 0.358. The van der Waals surface area contributed by atoms with Gasteiger partial charge in [-0.15, -0.1) is 0 Å². The van der Waals surface area contributed by atoms with Gasteiger partial charge in [-0.25, -0.2) is 4.98 Å². The molecule has 0 N–H and O–H groups in total. The first kappa shape index (κ1) is 17.0. The van der Waals surface area contributed by atoms with Crippen molar-refractivity contribution in [3.63, 3.8) is 0 Å². The van der Waals surface area contributed by atoms with Crippen LogP contribution in [0.1, 0.15) is 35.7 Å². The lowest BCUT2D eigenvalue weighted by Crippen LogP contribution is -2.35. The van der Waals surface area contributed by atoms with Crippen LogP contribution in [0.25, 0.3) is 11.1 Å². The second kappa shape index (κ2) is 7.11. The summed E-state index contributed by atoms with van der Waals surface area (Å²) < 4.78 is 8.27. The number of oxazole rings is 1. The number of anilines is 1. The fraction of sp³-hybridized carbons (Fsp3) is 0.318. The third-order valence-corrected chi connectivity index (χ3v) is 5.41. The third-order valence-electron chi connectivity index (χ3n) is 5.41. The van der Waals surface area contributed by atoms with Gasteiger partial charge in [0.1, 0.15) is 11.3 Å². The van der Waals surface area contributed by atoms with Gasteiger partial charge in [0, 0.05) is 43.8 Å². The Labute approximate surface area is 163 Å². The molecule has 1 aliphatic rings. The lowest BCUT2D eigenvalue weighted by Gasteiger charge is -2.31. The summed E-state index contributed by atoms with van der Waals surface area (Å²) in [5.41, 5.74) is 4.15. The van der Waals surface area contributed by atoms with E-state index < -0.39 is 0 Å². The lowest BCUT2D eigenvalue weighted by atomic mass is 9.97. The minimum Gasteiger partial charge on any atom is -0.423 e. The van der Waals surface area contributed by atoms with Crippen molar-refractivity contribution in [1.82, 2.24) is 19.5 Å². The highest BCUT2D eigenvalue weighted by Gasteiger charge is 2.27. The SMILES string of the molecule is Cc1ccc2oc(N3CCC[C@@H](c4nccn4Cc4cccnc4)C3)nc2c1. The van der Waals surface area contributed by atoms with Crippen molar-refractivity contribution in [3.8, 4) is 0 Å². The number of aryl methyl sites for hydroxylation is 1. The fourth-order valence-electron chi connectivity index (χ4n) is 4.02. The number of benzene rings is 1. The van der Waals surface area contributed by atoms with E-state index in [1.54, 1.807) is 6.20 Å². The van der Waals surface area contributed by atoms with Gasteiger partial charge in [0.15, 0.2) is 5.58 Å². The maximum absolute atomic E-state index is 6.03. The molecular formula is C22H23N5O. The summed E-state index contributed by atoms with van der Waals surface area (Å²) in [5, 5.41) is 0. The van der Waals surface area contributed by atoms with Crippen LogP contribution in [-0.4, -0.2) is 32.6 Å². The molecule has 6 nitrogen and oxygen atoms in total. The lowest BCUT2D eigenvalue weighted by molar-refractivity contribution is 0.447. The largest absolute Gasteiger partial charge is 0.423 e. The van der Waals surface area contributed by atoms with E-state index in [9.17, 15) is 0 Å². The number of pyridine rings is 1. The van der Waals surface area contributed by atoms with Gasteiger partial charge in [-0.2, -0.15) is 4.98 Å². The molecule has 1 aliphatic heterocycles. The number of fused-ring (bicyclic) bond motifs is 1. The van der Waals surface area contributed by atoms with E-state index in [1.165, 1.54) is 11.1 Å². The summed E-state index contributed by atoms with van der Waals surface area (Å²) in [4.78, 5) is 15.9. The van der Waals surface area contributed by atoms with Crippen molar-refractivity contribution in [2.75, 3.05) is 18.0 Å². The van der Waals surface area contributed by atoms with Crippen molar-refractivity contribution in [2.24, 2.45) is 0 Å². The summed E-state index contributed by atoms with van der Waals surface area (Å²) in [7, 11) is 0. The molecule has 6 heteroatoms. The Morgan fingerprint density at radius 3 is 3.07 bits per heavy atom. The zero-order chi connectivity index (χ0) is 18.9. The van der Waals surface area contributed by atoms with E-state index in [2.05, 4.69) is 50.8 Å². The Kier molecular flexibility index (Phi) is 4.31. The van der Waals surface area contributed by atoms with Gasteiger partial charge in [0.05, 0.1) is 6.54 Å². The molecular weight excluding hydrogens is 350 g/mol. The first-order chi connectivity index (χ1) is 13.8. The molecule has 0 spiro atoms. The number of piperidine rings is 1. The van der Waals surface area contributed by atoms with E-state index in [4.69, 9.17) is 9.40 Å². The zero-order valence-corrected chi connectivity index (χ0v) is 16.0. The highest BCUT2D eigenvalue weighted by molar-refractivity contribution is 5.75. The maximum atomic E-state index is 6.03. The molecule has 1 atom stereocenters. The van der Waals surface area contributed by atoms with Crippen LogP contribution in [0, 0.1) is 6.92 Å². The topological polar surface area (TPSA) is 60.0 Å². The molecule has 1 saturated heterocycles. The Hall–Kier alpha value is -3.15. The Bertz CT molecular complexity index is 1080. The van der Waals surface area contributed by atoms with Crippen LogP contribution in [0.3, 0.4) is 0 Å². The van der Waals surface area contributed by atoms with Gasteiger partial charge in [-0.05, 0) is 49.1 Å². The fourth-order valence-corrected chi connectivity index (χ4v) is 4.02. The summed E-state index contributed by atoms with van der Waals surface area (Å²) in [5.74, 6) is 1.48. The summed E-state index contributed by atoms with van der Waals surface area (Å²) >= 11 is 0. The van der Waals surface area contributed by atoms with Crippen LogP contribution >= 0.6 is 0 Å². The third kappa shape index (κ3) is 3.26. The van der Waals surface area contributed by atoms with Crippen LogP contribution in [0.15, 0.2) is 59.5 Å². The number of aromatic nitrogens is 4. The predicted octanol–water partition coefficient (Wildman–Crippen LogP) is 4.16. The van der Waals surface area contributed by atoms with Crippen molar-refractivity contribution < 1.29 is 4.42 Å². The van der Waals surface area contributed by atoms with E-state index in [1.807, 2.05) is 24.5 Å². The van der Waals surface area contributed by atoms with E-state index in [-0.39, 0.29) is 0 Å². The Morgan fingerprint density at radius 2 is 2.18 bits per heavy atom. The molecule has 0 bridgehead atoms. The molecule has 0 unspecified atom stereocenters. The summed E-state index contributed by atoms with van der Waals surface area (Å²) in [6, 6.07) is 10.9. The van der Waals surface area contributed by atoms with Gasteiger partial charge >= 0.3 is 0 Å². The maximum Gasteiger partial charge on any atom is 0.298 e. The standard InChI is InChI=1S/C22H23N5O/c1-16-6-7-20-19(12-16)25-22(28-20)27-10-3-5-18(15-27)21-24-9-11-26(21)14-17-4-2-8-23-13-17/h2,4,6-9,11-13,18H,3,5,10,14-15H2,1H3/t18-/m1/s1. The molecule has 28 heavy (non-hydrogen) atoms. The average Bonchev–Trinajstić information content (AvgIpc) is 3.35. The number of nitrogens with zero attached hydrogens (tertiary/aromatic N) is 5. The Balaban J connectivity index is 1.38. The molecule has 0 aliphatic carbocycles. The Morgan fingerprint density at radius 1 is 1.21 bits per heavy atom. The van der Waals surface area contributed by atoms with Crippen LogP contribution in [-0.2, 0) is 6.54 Å². The van der Waals surface area contributed by atoms with E-state index >= 15 is 0 Å². The van der Waals surface area contributed by atoms with Crippen molar-refractivity contribution in [2.45, 2.75) is 32.2 Å². The molecule has 0 radical (unpaired) electrons. The van der Waals surface area contributed by atoms with Crippen molar-refractivity contribution >= 4 is 17.1 Å². The van der Waals surface area contributed by atoms with Gasteiger partial charge in [-0.1, -0.05) is 12.1 Å². The van der Waals surface area contributed by atoms with Gasteiger partial charge < -0.3 is 13.9 Å². The van der Waals surface area contributed by atoms with Crippen LogP contribution in [0.2, 0.25) is 0 Å². The number of imidazole rings is 1. The van der Waals surface area contributed by atoms with Gasteiger partial charge in [0.25, 0.3) is 6.01 Å². The first-order valence-corrected chi connectivity index (χ1v) is 9.78. The summed E-state index contributed by atoms with van der Waals surface area (Å²) in [6.45, 7) is 4.70. The first-order valence-electron chi connectivity index (χ1n) is 9.78. The quantitative estimate of drug-likeness (QED) is 0.538. The minimum atomic E-state index is 0.358. The number of hydrogen-bond acceptors (Lipinski definition) is 5. The molecule has 0 amide bonds. The zero-order valence-electron chi connectivity index (χ0n) is 16.0. The van der Waals surface area contributed by atoms with Crippen LogP contribution < -0.4 is 4.90 Å². The molecule has 4 heterocycles. The smallest absolute Gasteiger partial charge is 0.298 e. The molecule has 1 aromatic carbocycles. The highest BCUT2D eigenvalue weighted by atomic mass is 16.4. The highest BCUT2D eigenvalue weighted by Crippen LogP contribution is 2.31. The normalized spacial score (nSPS) is 17.3. The second-order valence-corrected chi connectivity index (χ2v) is 7.53. The molecule has 4 aromatic rings. The van der Waals surface area contributed by atoms with Crippen LogP contribution in [0.4, 0.5) is 6.01 Å². The molecule has 0 saturated carbocycles. The molecule has 142 valence electrons. The monoisotopic (exact) mass is 373 g/mol. The van der Waals surface area contributed by atoms with Crippen molar-refractivity contribution in [1.29, 1.82) is 0 Å². The number of rotatable bonds is 4. The van der Waals surface area contributed by atoms with Gasteiger partial charge in [0.2, 0.25) is 0 Å². The molecule has 3 aromatic heterocycles. The van der Waals surface area contributed by atoms with Gasteiger partial charge in [-0.3, -0.25) is 4.98 Å². The molecule has 1 fully saturated rings. The average molecular weight is 373 g/mol. The second-order valence-electron chi connectivity index (χ2n) is 7.53. The summed E-state index contributed by atoms with van der Waals surface area (Å²) in [6.07, 6.45) is 9.90. The number of hydrogen-bond donors (Lipinski definition) is 0. The predicted molar refractivity (Wildman–Crippen MR) is 109 cm³/mol. The van der Waals surface area contributed by atoms with E-state index in [0.29, 0.717) is 5.92 Å². The van der Waals surface area contributed by atoms with E-state index in [0.717, 1.165) is 55.4 Å².